The molecule has 4 nitrogen and oxygen atoms in total. The minimum atomic E-state index is -0.769. The molecule has 1 N–H and O–H groups in total. The molecule has 0 aliphatic heterocycles. The third-order valence-electron chi connectivity index (χ3n) is 3.38. The Balaban J connectivity index is 3.35. The molecule has 0 aromatic rings. The summed E-state index contributed by atoms with van der Waals surface area (Å²) in [4.78, 5) is 22.0. The van der Waals surface area contributed by atoms with E-state index in [-0.39, 0.29) is 11.9 Å². The van der Waals surface area contributed by atoms with Crippen molar-refractivity contribution >= 4 is 11.9 Å². The maximum Gasteiger partial charge on any atom is 0.306 e. The summed E-state index contributed by atoms with van der Waals surface area (Å²) in [6.45, 7) is 6.64. The van der Waals surface area contributed by atoms with Gasteiger partial charge in [0.2, 0.25) is 0 Å². The van der Waals surface area contributed by atoms with Gasteiger partial charge in [-0.2, -0.15) is 0 Å². The second-order valence-corrected chi connectivity index (χ2v) is 5.95. The molecule has 0 rings (SSSR count). The predicted molar refractivity (Wildman–Crippen MR) is 79.5 cm³/mol. The Morgan fingerprint density at radius 3 is 2.20 bits per heavy atom. The summed E-state index contributed by atoms with van der Waals surface area (Å²) in [5, 5.41) is 8.72. The molecule has 0 aliphatic carbocycles. The molecule has 0 saturated heterocycles. The lowest BCUT2D eigenvalue weighted by atomic mass is 10.0. The molecule has 1 atom stereocenters. The van der Waals surface area contributed by atoms with E-state index in [1.165, 1.54) is 12.8 Å². The first-order valence-electron chi connectivity index (χ1n) is 7.82. The summed E-state index contributed by atoms with van der Waals surface area (Å²) in [7, 11) is 0. The summed E-state index contributed by atoms with van der Waals surface area (Å²) in [5.41, 5.74) is 0. The van der Waals surface area contributed by atoms with E-state index in [1.807, 2.05) is 0 Å². The average molecular weight is 286 g/mol. The summed E-state index contributed by atoms with van der Waals surface area (Å²) >= 11 is 0. The van der Waals surface area contributed by atoms with Crippen molar-refractivity contribution in [3.8, 4) is 0 Å². The minimum absolute atomic E-state index is 0.156. The van der Waals surface area contributed by atoms with E-state index in [9.17, 15) is 9.59 Å². The molecule has 4 heteroatoms. The Morgan fingerprint density at radius 1 is 0.950 bits per heavy atom. The van der Waals surface area contributed by atoms with Gasteiger partial charge in [0.05, 0.1) is 12.5 Å². The van der Waals surface area contributed by atoms with Crippen LogP contribution in [0.25, 0.3) is 0 Å². The fourth-order valence-corrected chi connectivity index (χ4v) is 1.93. The largest absolute Gasteiger partial charge is 0.481 e. The number of aliphatic carboxylic acids is 1. The van der Waals surface area contributed by atoms with Crippen molar-refractivity contribution in [2.24, 2.45) is 11.8 Å². The Labute approximate surface area is 122 Å². The number of carbonyl (C=O) groups excluding carboxylic acids is 1. The van der Waals surface area contributed by atoms with Crippen molar-refractivity contribution in [3.05, 3.63) is 0 Å². The van der Waals surface area contributed by atoms with Gasteiger partial charge in [-0.1, -0.05) is 46.5 Å². The monoisotopic (exact) mass is 286 g/mol. The lowest BCUT2D eigenvalue weighted by molar-refractivity contribution is -0.143. The normalized spacial score (nSPS) is 12.4. The number of unbranched alkanes of at least 4 members (excludes halogenated alkanes) is 3. The average Bonchev–Trinajstić information content (AvgIpc) is 2.37. The van der Waals surface area contributed by atoms with Crippen LogP contribution < -0.4 is 0 Å². The molecule has 0 aliphatic rings. The van der Waals surface area contributed by atoms with Crippen molar-refractivity contribution < 1.29 is 19.4 Å². The Hall–Kier alpha value is -1.06. The van der Waals surface area contributed by atoms with Crippen LogP contribution in [0.15, 0.2) is 0 Å². The molecule has 0 fully saturated rings. The van der Waals surface area contributed by atoms with Gasteiger partial charge in [-0.05, 0) is 25.2 Å². The first kappa shape index (κ1) is 18.9. The Bertz CT molecular complexity index is 274. The minimum Gasteiger partial charge on any atom is -0.481 e. The molecule has 0 radical (unpaired) electrons. The van der Waals surface area contributed by atoms with Crippen molar-refractivity contribution in [1.29, 1.82) is 0 Å². The van der Waals surface area contributed by atoms with Crippen LogP contribution in [0.1, 0.15) is 72.1 Å². The molecule has 20 heavy (non-hydrogen) atoms. The molecule has 0 saturated carbocycles. The Kier molecular flexibility index (Phi) is 11.1. The van der Waals surface area contributed by atoms with Crippen LogP contribution in [0.5, 0.6) is 0 Å². The molecular weight excluding hydrogens is 256 g/mol. The van der Waals surface area contributed by atoms with Crippen LogP contribution in [-0.2, 0) is 14.3 Å². The van der Waals surface area contributed by atoms with E-state index in [0.29, 0.717) is 25.9 Å². The van der Waals surface area contributed by atoms with Crippen LogP contribution in [0.4, 0.5) is 0 Å². The number of ether oxygens (including phenoxy) is 1. The quantitative estimate of drug-likeness (QED) is 0.434. The third-order valence-corrected chi connectivity index (χ3v) is 3.38. The van der Waals surface area contributed by atoms with Crippen LogP contribution in [-0.4, -0.2) is 23.7 Å². The van der Waals surface area contributed by atoms with Crippen molar-refractivity contribution in [3.63, 3.8) is 0 Å². The van der Waals surface area contributed by atoms with E-state index >= 15 is 0 Å². The maximum absolute atomic E-state index is 11.4. The number of carboxylic acid groups (broad SMARTS) is 1. The zero-order valence-electron chi connectivity index (χ0n) is 13.2. The third kappa shape index (κ3) is 12.0. The van der Waals surface area contributed by atoms with E-state index in [2.05, 4.69) is 13.8 Å². The molecular formula is C16H30O4. The topological polar surface area (TPSA) is 63.6 Å². The van der Waals surface area contributed by atoms with Gasteiger partial charge in [0.1, 0.15) is 0 Å². The smallest absolute Gasteiger partial charge is 0.306 e. The predicted octanol–water partition coefficient (Wildman–Crippen LogP) is 4.03. The molecule has 0 spiro atoms. The molecule has 0 amide bonds. The van der Waals surface area contributed by atoms with Crippen molar-refractivity contribution in [2.75, 3.05) is 6.61 Å². The van der Waals surface area contributed by atoms with Gasteiger partial charge in [0, 0.05) is 6.42 Å². The van der Waals surface area contributed by atoms with Gasteiger partial charge < -0.3 is 9.84 Å². The van der Waals surface area contributed by atoms with Gasteiger partial charge in [-0.15, -0.1) is 0 Å². The number of carbonyl (C=O) groups is 2. The van der Waals surface area contributed by atoms with Gasteiger partial charge in [-0.25, -0.2) is 0 Å². The fraction of sp³-hybridized carbons (Fsp3) is 0.875. The molecule has 0 aromatic heterocycles. The SMILES string of the molecule is CC(C)CCCCCOC(=O)CCCCC(C)C(=O)O. The van der Waals surface area contributed by atoms with Crippen molar-refractivity contribution in [1.82, 2.24) is 0 Å². The number of carboxylic acids is 1. The maximum atomic E-state index is 11.4. The van der Waals surface area contributed by atoms with Crippen LogP contribution in [0.2, 0.25) is 0 Å². The van der Waals surface area contributed by atoms with Crippen LogP contribution in [0, 0.1) is 11.8 Å². The van der Waals surface area contributed by atoms with E-state index in [1.54, 1.807) is 6.92 Å². The second kappa shape index (κ2) is 11.7. The van der Waals surface area contributed by atoms with Crippen molar-refractivity contribution in [2.45, 2.75) is 72.1 Å². The summed E-state index contributed by atoms with van der Waals surface area (Å²) < 4.78 is 5.15. The lowest BCUT2D eigenvalue weighted by Crippen LogP contribution is -2.10. The second-order valence-electron chi connectivity index (χ2n) is 5.95. The summed E-state index contributed by atoms with van der Waals surface area (Å²) in [6, 6.07) is 0. The molecule has 1 unspecified atom stereocenters. The lowest BCUT2D eigenvalue weighted by Gasteiger charge is -2.07. The van der Waals surface area contributed by atoms with Crippen LogP contribution >= 0.6 is 0 Å². The van der Waals surface area contributed by atoms with E-state index in [0.717, 1.165) is 25.2 Å². The molecule has 118 valence electrons. The number of rotatable bonds is 12. The number of esters is 1. The molecule has 0 aromatic carbocycles. The van der Waals surface area contributed by atoms with E-state index in [4.69, 9.17) is 9.84 Å². The highest BCUT2D eigenvalue weighted by Gasteiger charge is 2.10. The number of hydrogen-bond acceptors (Lipinski definition) is 3. The summed E-state index contributed by atoms with van der Waals surface area (Å²) in [6.07, 6.45) is 6.98. The standard InChI is InChI=1S/C16H30O4/c1-13(2)9-5-4-8-12-20-15(17)11-7-6-10-14(3)16(18)19/h13-14H,4-12H2,1-3H3,(H,18,19). The van der Waals surface area contributed by atoms with E-state index < -0.39 is 5.97 Å². The first-order chi connectivity index (χ1) is 9.43. The zero-order chi connectivity index (χ0) is 15.4. The van der Waals surface area contributed by atoms with Gasteiger partial charge in [0.15, 0.2) is 0 Å². The highest BCUT2D eigenvalue weighted by Crippen LogP contribution is 2.11. The fourth-order valence-electron chi connectivity index (χ4n) is 1.93. The molecule has 0 heterocycles. The Morgan fingerprint density at radius 2 is 1.60 bits per heavy atom. The van der Waals surface area contributed by atoms with Crippen LogP contribution in [0.3, 0.4) is 0 Å². The van der Waals surface area contributed by atoms with Gasteiger partial charge in [0.25, 0.3) is 0 Å². The number of hydrogen-bond donors (Lipinski definition) is 1. The first-order valence-corrected chi connectivity index (χ1v) is 7.82. The highest BCUT2D eigenvalue weighted by atomic mass is 16.5. The summed E-state index contributed by atoms with van der Waals surface area (Å²) in [5.74, 6) is -0.511. The highest BCUT2D eigenvalue weighted by molar-refractivity contribution is 5.70. The van der Waals surface area contributed by atoms with Gasteiger partial charge >= 0.3 is 11.9 Å². The van der Waals surface area contributed by atoms with Gasteiger partial charge in [-0.3, -0.25) is 9.59 Å². The molecule has 0 bridgehead atoms. The zero-order valence-corrected chi connectivity index (χ0v) is 13.2.